The van der Waals surface area contributed by atoms with E-state index in [9.17, 15) is 0 Å². The van der Waals surface area contributed by atoms with Gasteiger partial charge in [0.2, 0.25) is 0 Å². The zero-order valence-corrected chi connectivity index (χ0v) is 11.9. The maximum Gasteiger partial charge on any atom is 0.141 e. The number of ether oxygens (including phenoxy) is 1. The van der Waals surface area contributed by atoms with Crippen LogP contribution in [0, 0.1) is 6.92 Å². The lowest BCUT2D eigenvalue weighted by molar-refractivity contribution is 0.0847. The van der Waals surface area contributed by atoms with Gasteiger partial charge >= 0.3 is 0 Å². The highest BCUT2D eigenvalue weighted by Crippen LogP contribution is 2.32. The van der Waals surface area contributed by atoms with Crippen LogP contribution in [0.5, 0.6) is 0 Å². The molecule has 0 radical (unpaired) electrons. The number of nitrogens with two attached hydrogens (primary N) is 1. The number of aromatic nitrogens is 2. The van der Waals surface area contributed by atoms with Gasteiger partial charge in [-0.3, -0.25) is 4.40 Å². The Labute approximate surface area is 114 Å². The lowest BCUT2D eigenvalue weighted by Gasteiger charge is -2.20. The molecule has 1 aliphatic heterocycles. The van der Waals surface area contributed by atoms with Crippen LogP contribution < -0.4 is 5.73 Å². The number of hydrogen-bond acceptors (Lipinski definition) is 3. The van der Waals surface area contributed by atoms with Crippen molar-refractivity contribution in [2.45, 2.75) is 25.7 Å². The second-order valence-corrected chi connectivity index (χ2v) is 5.72. The van der Waals surface area contributed by atoms with Crippen molar-refractivity contribution in [2.75, 3.05) is 18.9 Å². The first-order valence-electron chi connectivity index (χ1n) is 6.18. The van der Waals surface area contributed by atoms with Crippen molar-refractivity contribution >= 4 is 27.4 Å². The molecule has 2 aromatic heterocycles. The molecule has 3 rings (SSSR count). The summed E-state index contributed by atoms with van der Waals surface area (Å²) in [6, 6.07) is 2.07. The van der Waals surface area contributed by atoms with Crippen molar-refractivity contribution in [3.05, 3.63) is 28.0 Å². The average molecular weight is 310 g/mol. The molecule has 0 spiro atoms. The van der Waals surface area contributed by atoms with Crippen molar-refractivity contribution in [3.8, 4) is 0 Å². The lowest BCUT2D eigenvalue weighted by Crippen LogP contribution is -2.15. The summed E-state index contributed by atoms with van der Waals surface area (Å²) in [6.45, 7) is 3.67. The number of anilines is 1. The SMILES string of the molecule is Cc1cc(Br)cn2c(N)c(C3CCOCC3)nc12. The van der Waals surface area contributed by atoms with Gasteiger partial charge < -0.3 is 10.5 Å². The number of imidazole rings is 1. The fraction of sp³-hybridized carbons (Fsp3) is 0.462. The number of rotatable bonds is 1. The Morgan fingerprint density at radius 3 is 2.89 bits per heavy atom. The number of nitrogen functional groups attached to an aromatic ring is 1. The lowest BCUT2D eigenvalue weighted by atomic mass is 9.96. The molecular weight excluding hydrogens is 294 g/mol. The first-order valence-corrected chi connectivity index (χ1v) is 6.97. The third-order valence-electron chi connectivity index (χ3n) is 3.54. The van der Waals surface area contributed by atoms with Gasteiger partial charge in [0.25, 0.3) is 0 Å². The summed E-state index contributed by atoms with van der Waals surface area (Å²) in [5.41, 5.74) is 9.36. The smallest absolute Gasteiger partial charge is 0.141 e. The van der Waals surface area contributed by atoms with Gasteiger partial charge in [0, 0.05) is 29.8 Å². The van der Waals surface area contributed by atoms with Crippen LogP contribution in [0.15, 0.2) is 16.7 Å². The summed E-state index contributed by atoms with van der Waals surface area (Å²) in [5, 5.41) is 0. The summed E-state index contributed by atoms with van der Waals surface area (Å²) in [5.74, 6) is 1.19. The Kier molecular flexibility index (Phi) is 3.03. The number of nitrogens with zero attached hydrogens (tertiary/aromatic N) is 2. The highest BCUT2D eigenvalue weighted by Gasteiger charge is 2.22. The molecule has 4 nitrogen and oxygen atoms in total. The van der Waals surface area contributed by atoms with Gasteiger partial charge in [-0.1, -0.05) is 0 Å². The van der Waals surface area contributed by atoms with Crippen molar-refractivity contribution < 1.29 is 4.74 Å². The summed E-state index contributed by atoms with van der Waals surface area (Å²) in [4.78, 5) is 4.74. The van der Waals surface area contributed by atoms with Gasteiger partial charge in [-0.25, -0.2) is 4.98 Å². The van der Waals surface area contributed by atoms with E-state index < -0.39 is 0 Å². The van der Waals surface area contributed by atoms with Crippen molar-refractivity contribution in [1.82, 2.24) is 9.38 Å². The number of halogens is 1. The summed E-state index contributed by atoms with van der Waals surface area (Å²) < 4.78 is 8.39. The van der Waals surface area contributed by atoms with Gasteiger partial charge in [-0.05, 0) is 47.3 Å². The molecule has 0 amide bonds. The third kappa shape index (κ3) is 1.91. The molecule has 3 heterocycles. The number of pyridine rings is 1. The minimum absolute atomic E-state index is 0.428. The molecule has 0 bridgehead atoms. The summed E-state index contributed by atoms with van der Waals surface area (Å²) in [6.07, 6.45) is 4.00. The molecule has 96 valence electrons. The highest BCUT2D eigenvalue weighted by molar-refractivity contribution is 9.10. The molecule has 2 aromatic rings. The Hall–Kier alpha value is -1.07. The molecule has 0 unspecified atom stereocenters. The van der Waals surface area contributed by atoms with Crippen molar-refractivity contribution in [1.29, 1.82) is 0 Å². The fourth-order valence-corrected chi connectivity index (χ4v) is 3.12. The number of fused-ring (bicyclic) bond motifs is 1. The van der Waals surface area contributed by atoms with Crippen molar-refractivity contribution in [3.63, 3.8) is 0 Å². The maximum absolute atomic E-state index is 6.25. The maximum atomic E-state index is 6.25. The molecule has 1 fully saturated rings. The molecule has 1 saturated heterocycles. The number of aryl methyl sites for hydroxylation is 1. The van der Waals surface area contributed by atoms with Crippen LogP contribution in [0.2, 0.25) is 0 Å². The number of hydrogen-bond donors (Lipinski definition) is 1. The van der Waals surface area contributed by atoms with Gasteiger partial charge in [0.15, 0.2) is 0 Å². The summed E-state index contributed by atoms with van der Waals surface area (Å²) >= 11 is 3.50. The second kappa shape index (κ2) is 4.55. The Morgan fingerprint density at radius 1 is 1.44 bits per heavy atom. The van der Waals surface area contributed by atoms with E-state index in [4.69, 9.17) is 15.5 Å². The van der Waals surface area contributed by atoms with Crippen LogP contribution in [0.4, 0.5) is 5.82 Å². The Morgan fingerprint density at radius 2 is 2.17 bits per heavy atom. The van der Waals surface area contributed by atoms with Crippen LogP contribution in [0.3, 0.4) is 0 Å². The largest absolute Gasteiger partial charge is 0.383 e. The van der Waals surface area contributed by atoms with E-state index in [1.165, 1.54) is 0 Å². The third-order valence-corrected chi connectivity index (χ3v) is 3.98. The van der Waals surface area contributed by atoms with Crippen LogP contribution in [-0.2, 0) is 4.74 Å². The second-order valence-electron chi connectivity index (χ2n) is 4.80. The molecule has 0 saturated carbocycles. The topological polar surface area (TPSA) is 52.5 Å². The first kappa shape index (κ1) is 12.0. The monoisotopic (exact) mass is 309 g/mol. The van der Waals surface area contributed by atoms with Gasteiger partial charge in [-0.15, -0.1) is 0 Å². The first-order chi connectivity index (χ1) is 8.66. The molecule has 0 aromatic carbocycles. The van der Waals surface area contributed by atoms with Crippen LogP contribution in [-0.4, -0.2) is 22.6 Å². The molecule has 1 aliphatic rings. The van der Waals surface area contributed by atoms with Gasteiger partial charge in [0.05, 0.1) is 5.69 Å². The molecule has 0 aliphatic carbocycles. The molecular formula is C13H16BrN3O. The molecule has 0 atom stereocenters. The van der Waals surface area contributed by atoms with Gasteiger partial charge in [-0.2, -0.15) is 0 Å². The predicted octanol–water partition coefficient (Wildman–Crippen LogP) is 2.88. The van der Waals surface area contributed by atoms with Crippen LogP contribution in [0.1, 0.15) is 30.0 Å². The standard InChI is InChI=1S/C13H16BrN3O/c1-8-6-10(14)7-17-12(15)11(16-13(8)17)9-2-4-18-5-3-9/h6-7,9H,2-5,15H2,1H3. The minimum Gasteiger partial charge on any atom is -0.383 e. The van der Waals surface area contributed by atoms with E-state index in [1.807, 2.05) is 10.6 Å². The van der Waals surface area contributed by atoms with Gasteiger partial charge in [0.1, 0.15) is 11.5 Å². The van der Waals surface area contributed by atoms with E-state index in [2.05, 4.69) is 28.9 Å². The summed E-state index contributed by atoms with van der Waals surface area (Å²) in [7, 11) is 0. The average Bonchev–Trinajstić information content (AvgIpc) is 2.69. The van der Waals surface area contributed by atoms with Crippen molar-refractivity contribution in [2.24, 2.45) is 0 Å². The quantitative estimate of drug-likeness (QED) is 0.881. The minimum atomic E-state index is 0.428. The van der Waals surface area contributed by atoms with E-state index in [1.54, 1.807) is 0 Å². The normalized spacial score (nSPS) is 17.4. The van der Waals surface area contributed by atoms with E-state index in [-0.39, 0.29) is 0 Å². The van der Waals surface area contributed by atoms with E-state index in [0.717, 1.165) is 53.3 Å². The predicted molar refractivity (Wildman–Crippen MR) is 74.8 cm³/mol. The zero-order chi connectivity index (χ0) is 12.7. The zero-order valence-electron chi connectivity index (χ0n) is 10.3. The van der Waals surface area contributed by atoms with Crippen LogP contribution in [0.25, 0.3) is 5.65 Å². The van der Waals surface area contributed by atoms with Crippen LogP contribution >= 0.6 is 15.9 Å². The fourth-order valence-electron chi connectivity index (χ4n) is 2.58. The molecule has 18 heavy (non-hydrogen) atoms. The van der Waals surface area contributed by atoms with E-state index in [0.29, 0.717) is 5.92 Å². The Balaban J connectivity index is 2.13. The highest BCUT2D eigenvalue weighted by atomic mass is 79.9. The Bertz CT molecular complexity index is 587. The molecule has 5 heteroatoms. The molecule has 2 N–H and O–H groups in total. The van der Waals surface area contributed by atoms with E-state index >= 15 is 0 Å².